The van der Waals surface area contributed by atoms with Gasteiger partial charge in [0.05, 0.1) is 30.6 Å². The summed E-state index contributed by atoms with van der Waals surface area (Å²) in [6.45, 7) is 2.05. The molecule has 0 radical (unpaired) electrons. The van der Waals surface area contributed by atoms with E-state index in [0.717, 1.165) is 0 Å². The Morgan fingerprint density at radius 1 is 1.25 bits per heavy atom. The summed E-state index contributed by atoms with van der Waals surface area (Å²) in [4.78, 5) is 38.2. The monoisotopic (exact) mass is 381 g/mol. The van der Waals surface area contributed by atoms with Crippen molar-refractivity contribution in [3.05, 3.63) is 77.0 Å². The number of likely N-dealkylation sites (N-methyl/N-ethyl adjacent to an activating group) is 1. The number of amides is 1. The topological polar surface area (TPSA) is 97.0 Å². The Morgan fingerprint density at radius 3 is 2.54 bits per heavy atom. The first kappa shape index (κ1) is 19.2. The molecule has 3 rings (SSSR count). The first-order chi connectivity index (χ1) is 13.5. The van der Waals surface area contributed by atoms with Gasteiger partial charge in [-0.25, -0.2) is 4.79 Å². The third-order valence-corrected chi connectivity index (χ3v) is 4.50. The Hall–Kier alpha value is -3.61. The molecule has 7 heteroatoms. The minimum atomic E-state index is -0.752. The molecule has 0 fully saturated rings. The third kappa shape index (κ3) is 3.46. The molecule has 144 valence electrons. The molecule has 1 aromatic heterocycles. The summed E-state index contributed by atoms with van der Waals surface area (Å²) < 4.78 is 9.84. The van der Waals surface area contributed by atoms with Crippen LogP contribution in [0.25, 0.3) is 6.08 Å². The molecule has 2 aromatic rings. The Morgan fingerprint density at radius 2 is 1.96 bits per heavy atom. The van der Waals surface area contributed by atoms with Crippen LogP contribution in [0.15, 0.2) is 64.5 Å². The number of nitrogens with zero attached hydrogens (tertiary/aromatic N) is 1. The van der Waals surface area contributed by atoms with Gasteiger partial charge in [-0.3, -0.25) is 9.59 Å². The van der Waals surface area contributed by atoms with E-state index in [9.17, 15) is 19.5 Å². The molecule has 1 N–H and O–H groups in total. The highest BCUT2D eigenvalue weighted by Gasteiger charge is 2.42. The molecule has 0 aliphatic carbocycles. The highest BCUT2D eigenvalue weighted by Crippen LogP contribution is 2.37. The standard InChI is InChI=1S/C21H19NO6/c1-3-22-18(13-6-8-14(9-7-13)21(26)27-2)17(19(24)20(22)25)16(23)11-10-15-5-4-12-28-15/h4-12,18,24H,3H2,1-2H3/b11-10+. The van der Waals surface area contributed by atoms with E-state index in [0.29, 0.717) is 23.4 Å². The number of aliphatic hydroxyl groups excluding tert-OH is 1. The minimum Gasteiger partial charge on any atom is -0.503 e. The highest BCUT2D eigenvalue weighted by atomic mass is 16.5. The fraction of sp³-hybridized carbons (Fsp3) is 0.190. The van der Waals surface area contributed by atoms with Gasteiger partial charge in [-0.1, -0.05) is 12.1 Å². The number of carbonyl (C=O) groups excluding carboxylic acids is 3. The molecule has 1 amide bonds. The number of hydrogen-bond donors (Lipinski definition) is 1. The van der Waals surface area contributed by atoms with Crippen LogP contribution in [0.5, 0.6) is 0 Å². The molecule has 7 nitrogen and oxygen atoms in total. The van der Waals surface area contributed by atoms with E-state index in [1.807, 2.05) is 0 Å². The van der Waals surface area contributed by atoms with Gasteiger partial charge in [0.25, 0.3) is 5.91 Å². The minimum absolute atomic E-state index is 0.0134. The van der Waals surface area contributed by atoms with Crippen molar-refractivity contribution < 1.29 is 28.6 Å². The van der Waals surface area contributed by atoms with Crippen LogP contribution in [0.4, 0.5) is 0 Å². The molecule has 1 aromatic carbocycles. The second-order valence-corrected chi connectivity index (χ2v) is 6.08. The van der Waals surface area contributed by atoms with E-state index >= 15 is 0 Å². The first-order valence-corrected chi connectivity index (χ1v) is 8.66. The van der Waals surface area contributed by atoms with Crippen LogP contribution in [-0.4, -0.2) is 41.3 Å². The van der Waals surface area contributed by atoms with Crippen LogP contribution in [0.1, 0.15) is 34.6 Å². The van der Waals surface area contributed by atoms with Gasteiger partial charge in [0.15, 0.2) is 11.5 Å². The number of furan rings is 1. The number of esters is 1. The predicted octanol–water partition coefficient (Wildman–Crippen LogP) is 3.06. The number of allylic oxidation sites excluding steroid dienone is 1. The molecule has 1 aliphatic heterocycles. The lowest BCUT2D eigenvalue weighted by Gasteiger charge is -2.25. The van der Waals surface area contributed by atoms with E-state index < -0.39 is 29.5 Å². The lowest BCUT2D eigenvalue weighted by molar-refractivity contribution is -0.129. The van der Waals surface area contributed by atoms with Gasteiger partial charge >= 0.3 is 5.97 Å². The number of aliphatic hydroxyl groups is 1. The molecule has 0 bridgehead atoms. The van der Waals surface area contributed by atoms with E-state index in [4.69, 9.17) is 4.42 Å². The van der Waals surface area contributed by atoms with Gasteiger partial charge in [-0.15, -0.1) is 0 Å². The Balaban J connectivity index is 1.97. The fourth-order valence-electron chi connectivity index (χ4n) is 3.13. The SMILES string of the molecule is CCN1C(=O)C(O)=C(C(=O)/C=C/c2ccco2)C1c1ccc(C(=O)OC)cc1. The van der Waals surface area contributed by atoms with Gasteiger partial charge in [0.1, 0.15) is 5.76 Å². The number of methoxy groups -OCH3 is 1. The number of hydrogen-bond acceptors (Lipinski definition) is 6. The van der Waals surface area contributed by atoms with Gasteiger partial charge in [0.2, 0.25) is 0 Å². The smallest absolute Gasteiger partial charge is 0.337 e. The van der Waals surface area contributed by atoms with Crippen molar-refractivity contribution in [3.8, 4) is 0 Å². The molecular formula is C21H19NO6. The van der Waals surface area contributed by atoms with Crippen molar-refractivity contribution in [2.75, 3.05) is 13.7 Å². The number of carbonyl (C=O) groups is 3. The molecule has 0 spiro atoms. The fourth-order valence-corrected chi connectivity index (χ4v) is 3.13. The summed E-state index contributed by atoms with van der Waals surface area (Å²) in [6, 6.07) is 8.98. The van der Waals surface area contributed by atoms with Gasteiger partial charge < -0.3 is 19.2 Å². The summed E-state index contributed by atoms with van der Waals surface area (Å²) in [5.74, 6) is -1.70. The Kier molecular flexibility index (Phi) is 5.44. The first-order valence-electron chi connectivity index (χ1n) is 8.66. The summed E-state index contributed by atoms with van der Waals surface area (Å²) >= 11 is 0. The van der Waals surface area contributed by atoms with E-state index in [-0.39, 0.29) is 5.57 Å². The third-order valence-electron chi connectivity index (χ3n) is 4.50. The Labute approximate surface area is 161 Å². The molecule has 1 atom stereocenters. The maximum Gasteiger partial charge on any atom is 0.337 e. The van der Waals surface area contributed by atoms with Crippen LogP contribution in [0.2, 0.25) is 0 Å². The van der Waals surface area contributed by atoms with E-state index in [1.165, 1.54) is 30.4 Å². The van der Waals surface area contributed by atoms with Crippen molar-refractivity contribution in [3.63, 3.8) is 0 Å². The molecule has 0 saturated carbocycles. The molecule has 1 unspecified atom stereocenters. The number of ether oxygens (including phenoxy) is 1. The van der Waals surface area contributed by atoms with Crippen LogP contribution in [0, 0.1) is 0 Å². The maximum absolute atomic E-state index is 12.8. The average molecular weight is 381 g/mol. The second kappa shape index (κ2) is 7.96. The number of rotatable bonds is 6. The van der Waals surface area contributed by atoms with Crippen molar-refractivity contribution in [1.82, 2.24) is 4.90 Å². The second-order valence-electron chi connectivity index (χ2n) is 6.08. The van der Waals surface area contributed by atoms with Crippen molar-refractivity contribution in [1.29, 1.82) is 0 Å². The molecular weight excluding hydrogens is 362 g/mol. The molecule has 0 saturated heterocycles. The highest BCUT2D eigenvalue weighted by molar-refractivity contribution is 6.14. The average Bonchev–Trinajstić information content (AvgIpc) is 3.32. The van der Waals surface area contributed by atoms with Gasteiger partial charge in [-0.05, 0) is 48.9 Å². The zero-order valence-corrected chi connectivity index (χ0v) is 15.4. The normalized spacial score (nSPS) is 16.9. The van der Waals surface area contributed by atoms with Gasteiger partial charge in [-0.2, -0.15) is 0 Å². The lowest BCUT2D eigenvalue weighted by atomic mass is 9.95. The van der Waals surface area contributed by atoms with Crippen LogP contribution >= 0.6 is 0 Å². The molecule has 1 aliphatic rings. The number of ketones is 1. The molecule has 28 heavy (non-hydrogen) atoms. The summed E-state index contributed by atoms with van der Waals surface area (Å²) in [6.07, 6.45) is 4.20. The summed E-state index contributed by atoms with van der Waals surface area (Å²) in [5.41, 5.74) is 0.930. The van der Waals surface area contributed by atoms with E-state index in [1.54, 1.807) is 43.3 Å². The molecule has 2 heterocycles. The van der Waals surface area contributed by atoms with Crippen LogP contribution in [0.3, 0.4) is 0 Å². The summed E-state index contributed by atoms with van der Waals surface area (Å²) in [7, 11) is 1.29. The predicted molar refractivity (Wildman–Crippen MR) is 100 cm³/mol. The zero-order chi connectivity index (χ0) is 20.3. The van der Waals surface area contributed by atoms with Gasteiger partial charge in [0, 0.05) is 6.54 Å². The maximum atomic E-state index is 12.8. The lowest BCUT2D eigenvalue weighted by Crippen LogP contribution is -2.30. The van der Waals surface area contributed by atoms with Crippen molar-refractivity contribution >= 4 is 23.7 Å². The Bertz CT molecular complexity index is 953. The van der Waals surface area contributed by atoms with Crippen LogP contribution in [-0.2, 0) is 14.3 Å². The van der Waals surface area contributed by atoms with Crippen LogP contribution < -0.4 is 0 Å². The van der Waals surface area contributed by atoms with E-state index in [2.05, 4.69) is 4.74 Å². The summed E-state index contributed by atoms with van der Waals surface area (Å²) in [5, 5.41) is 10.3. The zero-order valence-electron chi connectivity index (χ0n) is 15.4. The van der Waals surface area contributed by atoms with Crippen molar-refractivity contribution in [2.24, 2.45) is 0 Å². The quantitative estimate of drug-likeness (QED) is 0.610. The number of benzene rings is 1. The van der Waals surface area contributed by atoms with Crippen molar-refractivity contribution in [2.45, 2.75) is 13.0 Å². The largest absolute Gasteiger partial charge is 0.503 e.